The molecule has 0 aliphatic rings. The van der Waals surface area contributed by atoms with Crippen LogP contribution in [0.5, 0.6) is 0 Å². The van der Waals surface area contributed by atoms with Crippen LogP contribution in [-0.2, 0) is 13.1 Å². The molecule has 148 valence electrons. The maximum Gasteiger partial charge on any atom is 0.245 e. The lowest BCUT2D eigenvalue weighted by molar-refractivity contribution is -0.662. The molecule has 0 N–H and O–H groups in total. The summed E-state index contributed by atoms with van der Waals surface area (Å²) in [6.07, 6.45) is 5.94. The molecule has 31 heavy (non-hydrogen) atoms. The Bertz CT molecular complexity index is 1400. The van der Waals surface area contributed by atoms with Gasteiger partial charge < -0.3 is 0 Å². The zero-order valence-corrected chi connectivity index (χ0v) is 17.0. The molecule has 3 aromatic heterocycles. The van der Waals surface area contributed by atoms with Gasteiger partial charge in [-0.05, 0) is 35.4 Å². The van der Waals surface area contributed by atoms with Crippen LogP contribution in [0.3, 0.4) is 0 Å². The van der Waals surface area contributed by atoms with Crippen molar-refractivity contribution in [1.82, 2.24) is 14.5 Å². The van der Waals surface area contributed by atoms with Crippen LogP contribution < -0.4 is 4.57 Å². The number of hydrogen-bond acceptors (Lipinski definition) is 2. The Morgan fingerprint density at radius 2 is 1.26 bits per heavy atom. The van der Waals surface area contributed by atoms with Gasteiger partial charge in [-0.1, -0.05) is 60.7 Å². The van der Waals surface area contributed by atoms with E-state index in [4.69, 9.17) is 9.97 Å². The van der Waals surface area contributed by atoms with E-state index in [9.17, 15) is 0 Å². The second-order valence-electron chi connectivity index (χ2n) is 7.84. The van der Waals surface area contributed by atoms with E-state index in [0.717, 1.165) is 34.9 Å². The van der Waals surface area contributed by atoms with Crippen LogP contribution in [0.2, 0.25) is 0 Å². The first kappa shape index (κ1) is 17.8. The van der Waals surface area contributed by atoms with Gasteiger partial charge >= 0.3 is 0 Å². The van der Waals surface area contributed by atoms with Crippen LogP contribution >= 0.6 is 0 Å². The van der Waals surface area contributed by atoms with Crippen LogP contribution in [0.4, 0.5) is 0 Å². The third-order valence-electron chi connectivity index (χ3n) is 5.82. The summed E-state index contributed by atoms with van der Waals surface area (Å²) in [5, 5.41) is 2.26. The highest BCUT2D eigenvalue weighted by atomic mass is 15.1. The molecule has 6 rings (SSSR count). The standard InChI is InChI=1S/C27H21N4/c1-3-9-20(10-4-1)17-30-19-31(18-21-11-5-2-6-12-21)27-23-14-8-16-29-25(23)24-22(26(27)30)13-7-15-28-24/h1-16,19H,17-18H2/q+1. The van der Waals surface area contributed by atoms with Crippen molar-refractivity contribution in [1.29, 1.82) is 0 Å². The molecule has 0 aliphatic carbocycles. The van der Waals surface area contributed by atoms with Gasteiger partial charge in [0.1, 0.15) is 24.1 Å². The predicted molar refractivity (Wildman–Crippen MR) is 124 cm³/mol. The molecule has 0 saturated carbocycles. The minimum Gasteiger partial charge on any atom is -0.254 e. The van der Waals surface area contributed by atoms with Crippen molar-refractivity contribution in [3.63, 3.8) is 0 Å². The molecule has 4 heteroatoms. The average molecular weight is 401 g/mol. The normalized spacial score (nSPS) is 11.5. The van der Waals surface area contributed by atoms with Crippen molar-refractivity contribution < 1.29 is 4.57 Å². The third kappa shape index (κ3) is 3.04. The Balaban J connectivity index is 1.70. The highest BCUT2D eigenvalue weighted by Gasteiger charge is 2.24. The van der Waals surface area contributed by atoms with Gasteiger partial charge in [0, 0.05) is 12.4 Å². The number of aromatic nitrogens is 4. The Labute approximate surface area is 180 Å². The fraction of sp³-hybridized carbons (Fsp3) is 0.0741. The van der Waals surface area contributed by atoms with Gasteiger partial charge in [-0.3, -0.25) is 9.97 Å². The van der Waals surface area contributed by atoms with Crippen molar-refractivity contribution in [3.05, 3.63) is 115 Å². The van der Waals surface area contributed by atoms with Crippen LogP contribution in [0.1, 0.15) is 11.1 Å². The molecule has 0 aliphatic heterocycles. The minimum atomic E-state index is 0.800. The van der Waals surface area contributed by atoms with Gasteiger partial charge in [0.2, 0.25) is 6.33 Å². The maximum absolute atomic E-state index is 4.72. The molecule has 0 bridgehead atoms. The van der Waals surface area contributed by atoms with E-state index in [2.05, 4.69) is 88.3 Å². The highest BCUT2D eigenvalue weighted by molar-refractivity contribution is 6.19. The Kier molecular flexibility index (Phi) is 4.20. The third-order valence-corrected chi connectivity index (χ3v) is 5.82. The maximum atomic E-state index is 4.72. The molecule has 0 amide bonds. The smallest absolute Gasteiger partial charge is 0.245 e. The van der Waals surface area contributed by atoms with Gasteiger partial charge in [0.25, 0.3) is 0 Å². The van der Waals surface area contributed by atoms with Crippen molar-refractivity contribution in [2.75, 3.05) is 0 Å². The van der Waals surface area contributed by atoms with E-state index in [-0.39, 0.29) is 0 Å². The van der Waals surface area contributed by atoms with E-state index in [1.54, 1.807) is 0 Å². The molecule has 6 aromatic rings. The second-order valence-corrected chi connectivity index (χ2v) is 7.84. The van der Waals surface area contributed by atoms with Crippen molar-refractivity contribution in [2.24, 2.45) is 0 Å². The summed E-state index contributed by atoms with van der Waals surface area (Å²) in [6.45, 7) is 1.60. The monoisotopic (exact) mass is 401 g/mol. The van der Waals surface area contributed by atoms with Crippen LogP contribution in [0.15, 0.2) is 104 Å². The Morgan fingerprint density at radius 3 is 1.97 bits per heavy atom. The topological polar surface area (TPSA) is 34.6 Å². The molecule has 0 atom stereocenters. The second kappa shape index (κ2) is 7.33. The fourth-order valence-electron chi connectivity index (χ4n) is 4.49. The number of hydrogen-bond donors (Lipinski definition) is 0. The lowest BCUT2D eigenvalue weighted by Gasteiger charge is -2.05. The van der Waals surface area contributed by atoms with Gasteiger partial charge in [-0.25, -0.2) is 9.13 Å². The molecule has 3 aromatic carbocycles. The fourth-order valence-corrected chi connectivity index (χ4v) is 4.49. The Morgan fingerprint density at radius 1 is 0.645 bits per heavy atom. The van der Waals surface area contributed by atoms with Crippen molar-refractivity contribution in [2.45, 2.75) is 13.1 Å². The SMILES string of the molecule is c1ccc(Cn2c[n+](Cc3ccccc3)c3c4cccnc4c4ncccc4c32)cc1. The zero-order valence-electron chi connectivity index (χ0n) is 17.0. The Hall–Kier alpha value is -4.05. The summed E-state index contributed by atoms with van der Waals surface area (Å²) in [6, 6.07) is 29.6. The first-order valence-corrected chi connectivity index (χ1v) is 10.5. The molecule has 0 fully saturated rings. The largest absolute Gasteiger partial charge is 0.254 e. The van der Waals surface area contributed by atoms with Crippen molar-refractivity contribution >= 4 is 32.8 Å². The molecule has 0 saturated heterocycles. The van der Waals surface area contributed by atoms with Crippen LogP contribution in [-0.4, -0.2) is 14.5 Å². The van der Waals surface area contributed by atoms with Crippen LogP contribution in [0, 0.1) is 0 Å². The van der Waals surface area contributed by atoms with E-state index >= 15 is 0 Å². The molecule has 0 unspecified atom stereocenters. The van der Waals surface area contributed by atoms with E-state index in [1.807, 2.05) is 24.5 Å². The number of pyridine rings is 2. The molecule has 0 radical (unpaired) electrons. The number of imidazole rings is 1. The number of benzene rings is 3. The lowest BCUT2D eigenvalue weighted by atomic mass is 10.1. The summed E-state index contributed by atoms with van der Waals surface area (Å²) in [4.78, 5) is 9.43. The number of fused-ring (bicyclic) bond motifs is 6. The van der Waals surface area contributed by atoms with E-state index in [0.29, 0.717) is 0 Å². The first-order valence-electron chi connectivity index (χ1n) is 10.5. The van der Waals surface area contributed by atoms with Gasteiger partial charge in [0.05, 0.1) is 10.8 Å². The summed E-state index contributed by atoms with van der Waals surface area (Å²) in [5.74, 6) is 0. The summed E-state index contributed by atoms with van der Waals surface area (Å²) >= 11 is 0. The number of nitrogens with zero attached hydrogens (tertiary/aromatic N) is 4. The van der Waals surface area contributed by atoms with E-state index in [1.165, 1.54) is 22.2 Å². The van der Waals surface area contributed by atoms with Gasteiger partial charge in [-0.2, -0.15) is 0 Å². The first-order chi connectivity index (χ1) is 15.4. The summed E-state index contributed by atoms with van der Waals surface area (Å²) in [5.41, 5.74) is 6.84. The van der Waals surface area contributed by atoms with E-state index < -0.39 is 0 Å². The molecular formula is C27H21N4+. The molecule has 0 spiro atoms. The predicted octanol–water partition coefficient (Wildman–Crippen LogP) is 5.12. The summed E-state index contributed by atoms with van der Waals surface area (Å²) < 4.78 is 4.70. The lowest BCUT2D eigenvalue weighted by Crippen LogP contribution is -2.33. The van der Waals surface area contributed by atoms with Gasteiger partial charge in [-0.15, -0.1) is 0 Å². The number of rotatable bonds is 4. The van der Waals surface area contributed by atoms with Gasteiger partial charge in [0.15, 0.2) is 11.0 Å². The summed E-state index contributed by atoms with van der Waals surface area (Å²) in [7, 11) is 0. The molecule has 3 heterocycles. The van der Waals surface area contributed by atoms with Crippen molar-refractivity contribution in [3.8, 4) is 0 Å². The zero-order chi connectivity index (χ0) is 20.6. The molecular weight excluding hydrogens is 380 g/mol. The average Bonchev–Trinajstić information content (AvgIpc) is 3.18. The van der Waals surface area contributed by atoms with Crippen LogP contribution in [0.25, 0.3) is 32.8 Å². The quantitative estimate of drug-likeness (QED) is 0.303. The molecule has 4 nitrogen and oxygen atoms in total. The highest BCUT2D eigenvalue weighted by Crippen LogP contribution is 2.31. The minimum absolute atomic E-state index is 0.800.